The van der Waals surface area contributed by atoms with E-state index in [1.165, 1.54) is 31.2 Å². The number of halogens is 1. The van der Waals surface area contributed by atoms with Crippen molar-refractivity contribution >= 4 is 11.6 Å². The molecule has 1 aliphatic carbocycles. The highest BCUT2D eigenvalue weighted by atomic mass is 35.5. The summed E-state index contributed by atoms with van der Waals surface area (Å²) < 4.78 is 6.10. The molecule has 1 saturated heterocycles. The van der Waals surface area contributed by atoms with E-state index in [0.717, 1.165) is 24.5 Å². The lowest BCUT2D eigenvalue weighted by Crippen LogP contribution is -2.46. The Balaban J connectivity index is 1.64. The van der Waals surface area contributed by atoms with Crippen LogP contribution in [-0.2, 0) is 4.74 Å². The van der Waals surface area contributed by atoms with Gasteiger partial charge in [-0.1, -0.05) is 42.6 Å². The topological polar surface area (TPSA) is 21.3 Å². The van der Waals surface area contributed by atoms with E-state index in [9.17, 15) is 0 Å². The van der Waals surface area contributed by atoms with Crippen LogP contribution in [0.1, 0.15) is 57.1 Å². The summed E-state index contributed by atoms with van der Waals surface area (Å²) in [7, 11) is 0. The zero-order valence-corrected chi connectivity index (χ0v) is 13.0. The van der Waals surface area contributed by atoms with Crippen LogP contribution in [0.15, 0.2) is 24.3 Å². The number of hydrogen-bond acceptors (Lipinski definition) is 2. The standard InChI is InChI=1S/C17H24ClNO/c1-13(15-6-2-3-7-16(15)18)19-14-8-11-20-17(12-14)9-4-5-10-17/h2-3,6-7,13-14,19H,4-5,8-12H2,1H3/t13-,14?/m1/s1. The maximum Gasteiger partial charge on any atom is 0.0697 e. The zero-order chi connectivity index (χ0) is 14.0. The van der Waals surface area contributed by atoms with Crippen molar-refractivity contribution in [1.82, 2.24) is 5.32 Å². The fraction of sp³-hybridized carbons (Fsp3) is 0.647. The molecule has 1 aromatic rings. The molecule has 3 heteroatoms. The minimum Gasteiger partial charge on any atom is -0.375 e. The first-order chi connectivity index (χ1) is 9.69. The summed E-state index contributed by atoms with van der Waals surface area (Å²) >= 11 is 6.29. The molecular weight excluding hydrogens is 270 g/mol. The Morgan fingerprint density at radius 2 is 2.05 bits per heavy atom. The molecule has 20 heavy (non-hydrogen) atoms. The highest BCUT2D eigenvalue weighted by molar-refractivity contribution is 6.31. The van der Waals surface area contributed by atoms with E-state index in [0.29, 0.717) is 12.1 Å². The van der Waals surface area contributed by atoms with Crippen LogP contribution >= 0.6 is 11.6 Å². The van der Waals surface area contributed by atoms with Gasteiger partial charge < -0.3 is 10.1 Å². The second kappa shape index (κ2) is 6.05. The summed E-state index contributed by atoms with van der Waals surface area (Å²) in [4.78, 5) is 0. The average Bonchev–Trinajstić information content (AvgIpc) is 2.87. The Hall–Kier alpha value is -0.570. The van der Waals surface area contributed by atoms with E-state index in [4.69, 9.17) is 16.3 Å². The van der Waals surface area contributed by atoms with Crippen molar-refractivity contribution < 1.29 is 4.74 Å². The van der Waals surface area contributed by atoms with Crippen molar-refractivity contribution in [3.63, 3.8) is 0 Å². The smallest absolute Gasteiger partial charge is 0.0697 e. The molecule has 1 aliphatic heterocycles. The van der Waals surface area contributed by atoms with Gasteiger partial charge in [0.15, 0.2) is 0 Å². The van der Waals surface area contributed by atoms with Crippen molar-refractivity contribution in [3.8, 4) is 0 Å². The molecule has 110 valence electrons. The van der Waals surface area contributed by atoms with Crippen molar-refractivity contribution in [2.45, 2.75) is 63.1 Å². The summed E-state index contributed by atoms with van der Waals surface area (Å²) in [6.45, 7) is 3.10. The third-order valence-electron chi connectivity index (χ3n) is 4.87. The van der Waals surface area contributed by atoms with Gasteiger partial charge in [-0.3, -0.25) is 0 Å². The molecule has 1 saturated carbocycles. The molecule has 1 N–H and O–H groups in total. The first kappa shape index (κ1) is 14.4. The zero-order valence-electron chi connectivity index (χ0n) is 12.2. The van der Waals surface area contributed by atoms with E-state index in [1.54, 1.807) is 0 Å². The second-order valence-corrected chi connectivity index (χ2v) is 6.75. The van der Waals surface area contributed by atoms with E-state index in [-0.39, 0.29) is 5.60 Å². The first-order valence-electron chi connectivity index (χ1n) is 7.83. The Morgan fingerprint density at radius 1 is 1.30 bits per heavy atom. The van der Waals surface area contributed by atoms with Crippen molar-refractivity contribution in [3.05, 3.63) is 34.9 Å². The Morgan fingerprint density at radius 3 is 2.80 bits per heavy atom. The molecular formula is C17H24ClNO. The van der Waals surface area contributed by atoms with Gasteiger partial charge in [-0.25, -0.2) is 0 Å². The van der Waals surface area contributed by atoms with Gasteiger partial charge in [-0.05, 0) is 44.2 Å². The Kier molecular flexibility index (Phi) is 4.34. The number of benzene rings is 1. The number of nitrogens with one attached hydrogen (secondary N) is 1. The lowest BCUT2D eigenvalue weighted by Gasteiger charge is -2.39. The number of rotatable bonds is 3. The third kappa shape index (κ3) is 3.03. The van der Waals surface area contributed by atoms with Crippen LogP contribution in [0.5, 0.6) is 0 Å². The van der Waals surface area contributed by atoms with Gasteiger partial charge in [0.2, 0.25) is 0 Å². The van der Waals surface area contributed by atoms with Gasteiger partial charge in [-0.2, -0.15) is 0 Å². The Labute approximate surface area is 126 Å². The molecule has 2 nitrogen and oxygen atoms in total. The monoisotopic (exact) mass is 293 g/mol. The quantitative estimate of drug-likeness (QED) is 0.887. The lowest BCUT2D eigenvalue weighted by atomic mass is 9.88. The van der Waals surface area contributed by atoms with E-state index in [2.05, 4.69) is 24.4 Å². The normalized spacial score (nSPS) is 26.8. The summed E-state index contributed by atoms with van der Waals surface area (Å²) in [6, 6.07) is 8.98. The minimum absolute atomic E-state index is 0.177. The van der Waals surface area contributed by atoms with Crippen LogP contribution < -0.4 is 5.32 Å². The average molecular weight is 294 g/mol. The summed E-state index contributed by atoms with van der Waals surface area (Å²) in [5.41, 5.74) is 1.37. The molecule has 0 radical (unpaired) electrons. The minimum atomic E-state index is 0.177. The van der Waals surface area contributed by atoms with Gasteiger partial charge in [0.05, 0.1) is 5.60 Å². The molecule has 1 spiro atoms. The molecule has 1 aromatic carbocycles. The van der Waals surface area contributed by atoms with E-state index < -0.39 is 0 Å². The molecule has 2 fully saturated rings. The summed E-state index contributed by atoms with van der Waals surface area (Å²) in [5, 5.41) is 4.62. The molecule has 0 bridgehead atoms. The van der Waals surface area contributed by atoms with Crippen molar-refractivity contribution in [2.75, 3.05) is 6.61 Å². The lowest BCUT2D eigenvalue weighted by molar-refractivity contribution is -0.0846. The van der Waals surface area contributed by atoms with Crippen LogP contribution in [-0.4, -0.2) is 18.2 Å². The van der Waals surface area contributed by atoms with Gasteiger partial charge in [0.25, 0.3) is 0 Å². The molecule has 2 aliphatic rings. The fourth-order valence-electron chi connectivity index (χ4n) is 3.81. The van der Waals surface area contributed by atoms with Gasteiger partial charge in [0, 0.05) is 23.7 Å². The first-order valence-corrected chi connectivity index (χ1v) is 8.21. The highest BCUT2D eigenvalue weighted by Crippen LogP contribution is 2.40. The SMILES string of the molecule is C[C@@H](NC1CCOC2(CCCC2)C1)c1ccccc1Cl. The number of ether oxygens (including phenoxy) is 1. The second-order valence-electron chi connectivity index (χ2n) is 6.34. The molecule has 1 unspecified atom stereocenters. The maximum atomic E-state index is 6.29. The predicted molar refractivity (Wildman–Crippen MR) is 83.2 cm³/mol. The van der Waals surface area contributed by atoms with Crippen LogP contribution in [0.2, 0.25) is 5.02 Å². The highest BCUT2D eigenvalue weighted by Gasteiger charge is 2.40. The predicted octanol–water partition coefficient (Wildman–Crippen LogP) is 4.48. The van der Waals surface area contributed by atoms with Gasteiger partial charge >= 0.3 is 0 Å². The van der Waals surface area contributed by atoms with Gasteiger partial charge in [0.1, 0.15) is 0 Å². The molecule has 1 heterocycles. The van der Waals surface area contributed by atoms with Crippen molar-refractivity contribution in [2.24, 2.45) is 0 Å². The van der Waals surface area contributed by atoms with E-state index >= 15 is 0 Å². The van der Waals surface area contributed by atoms with Crippen molar-refractivity contribution in [1.29, 1.82) is 0 Å². The van der Waals surface area contributed by atoms with Crippen LogP contribution in [0, 0.1) is 0 Å². The largest absolute Gasteiger partial charge is 0.375 e. The third-order valence-corrected chi connectivity index (χ3v) is 5.21. The maximum absolute atomic E-state index is 6.29. The summed E-state index contributed by atoms with van der Waals surface area (Å²) in [6.07, 6.45) is 7.40. The van der Waals surface area contributed by atoms with Crippen LogP contribution in [0.25, 0.3) is 0 Å². The molecule has 0 amide bonds. The molecule has 3 rings (SSSR count). The fourth-order valence-corrected chi connectivity index (χ4v) is 4.11. The summed E-state index contributed by atoms with van der Waals surface area (Å²) in [5.74, 6) is 0. The number of hydrogen-bond donors (Lipinski definition) is 1. The van der Waals surface area contributed by atoms with Crippen LogP contribution in [0.3, 0.4) is 0 Å². The van der Waals surface area contributed by atoms with Crippen LogP contribution in [0.4, 0.5) is 0 Å². The molecule has 0 aromatic heterocycles. The van der Waals surface area contributed by atoms with Gasteiger partial charge in [-0.15, -0.1) is 0 Å². The molecule has 2 atom stereocenters. The van der Waals surface area contributed by atoms with E-state index in [1.807, 2.05) is 12.1 Å². The Bertz CT molecular complexity index is 456.